The minimum Gasteiger partial charge on any atom is -0.455 e. The van der Waals surface area contributed by atoms with E-state index in [4.69, 9.17) is 4.74 Å². The van der Waals surface area contributed by atoms with Gasteiger partial charge in [0.2, 0.25) is 0 Å². The van der Waals surface area contributed by atoms with Crippen LogP contribution in [0.15, 0.2) is 18.3 Å². The average molecular weight is 494 g/mol. The molecule has 4 bridgehead atoms. The van der Waals surface area contributed by atoms with Crippen molar-refractivity contribution in [3.8, 4) is 0 Å². The topological polar surface area (TPSA) is 71.5 Å². The van der Waals surface area contributed by atoms with Crippen molar-refractivity contribution in [2.75, 3.05) is 24.6 Å². The molecule has 1 aromatic rings. The Kier molecular flexibility index (Phi) is 6.46. The maximum atomic E-state index is 12.7. The average Bonchev–Trinajstić information content (AvgIpc) is 2.81. The fraction of sp³-hybridized carbons (Fsp3) is 0.731. The van der Waals surface area contributed by atoms with Gasteiger partial charge in [0.25, 0.3) is 5.91 Å². The van der Waals surface area contributed by atoms with Crippen LogP contribution >= 0.6 is 0 Å². The largest absolute Gasteiger partial charge is 0.455 e. The molecular formula is C26H34F3N3O3. The van der Waals surface area contributed by atoms with Gasteiger partial charge in [-0.25, -0.2) is 4.98 Å². The van der Waals surface area contributed by atoms with Crippen LogP contribution in [0.25, 0.3) is 0 Å². The summed E-state index contributed by atoms with van der Waals surface area (Å²) in [5, 5.41) is 3.13. The summed E-state index contributed by atoms with van der Waals surface area (Å²) in [6, 6.07) is 2.46. The van der Waals surface area contributed by atoms with E-state index in [1.807, 2.05) is 4.90 Å². The number of aromatic nitrogens is 1. The van der Waals surface area contributed by atoms with E-state index in [2.05, 4.69) is 17.2 Å². The molecule has 1 N–H and O–H groups in total. The first kappa shape index (κ1) is 24.4. The molecule has 0 aromatic carbocycles. The molecule has 192 valence electrons. The van der Waals surface area contributed by atoms with Gasteiger partial charge >= 0.3 is 12.1 Å². The Hall–Kier alpha value is -2.32. The zero-order valence-corrected chi connectivity index (χ0v) is 20.2. The number of amides is 1. The number of anilines is 1. The van der Waals surface area contributed by atoms with Crippen molar-refractivity contribution in [3.05, 3.63) is 23.9 Å². The lowest BCUT2D eigenvalue weighted by Crippen LogP contribution is -2.56. The maximum absolute atomic E-state index is 12.7. The molecule has 5 fully saturated rings. The first-order valence-electron chi connectivity index (χ1n) is 12.9. The highest BCUT2D eigenvalue weighted by Gasteiger charge is 2.53. The molecule has 5 aliphatic rings. The predicted octanol–water partition coefficient (Wildman–Crippen LogP) is 4.58. The fourth-order valence-electron chi connectivity index (χ4n) is 7.48. The van der Waals surface area contributed by atoms with E-state index in [-0.39, 0.29) is 35.9 Å². The lowest BCUT2D eigenvalue weighted by Gasteiger charge is -2.59. The number of halogens is 3. The molecule has 1 atom stereocenters. The Morgan fingerprint density at radius 2 is 1.71 bits per heavy atom. The number of carbonyl (C=O) groups excluding carboxylic acids is 2. The predicted molar refractivity (Wildman–Crippen MR) is 123 cm³/mol. The quantitative estimate of drug-likeness (QED) is 0.588. The first-order chi connectivity index (χ1) is 16.6. The fourth-order valence-corrected chi connectivity index (χ4v) is 7.48. The molecule has 9 heteroatoms. The number of hydrogen-bond donors (Lipinski definition) is 1. The maximum Gasteiger partial charge on any atom is 0.417 e. The van der Waals surface area contributed by atoms with Gasteiger partial charge in [-0.3, -0.25) is 9.59 Å². The first-order valence-corrected chi connectivity index (χ1v) is 12.9. The molecule has 1 saturated heterocycles. The van der Waals surface area contributed by atoms with Crippen LogP contribution in [0.4, 0.5) is 19.0 Å². The minimum atomic E-state index is -4.42. The molecule has 35 heavy (non-hydrogen) atoms. The number of hydrogen-bond acceptors (Lipinski definition) is 5. The van der Waals surface area contributed by atoms with Gasteiger partial charge in [0.15, 0.2) is 6.61 Å². The minimum absolute atomic E-state index is 0.0848. The Bertz CT molecular complexity index is 906. The molecule has 4 saturated carbocycles. The van der Waals surface area contributed by atoms with Crippen molar-refractivity contribution in [2.45, 2.75) is 70.5 Å². The second-order valence-electron chi connectivity index (χ2n) is 11.3. The van der Waals surface area contributed by atoms with Gasteiger partial charge in [-0.1, -0.05) is 0 Å². The third-order valence-electron chi connectivity index (χ3n) is 8.95. The number of rotatable bonds is 6. The number of nitrogens with zero attached hydrogens (tertiary/aromatic N) is 2. The zero-order valence-electron chi connectivity index (χ0n) is 20.2. The number of alkyl halides is 3. The van der Waals surface area contributed by atoms with Gasteiger partial charge in [0, 0.05) is 25.3 Å². The molecule has 6 nitrogen and oxygen atoms in total. The number of esters is 1. The van der Waals surface area contributed by atoms with E-state index in [9.17, 15) is 22.8 Å². The van der Waals surface area contributed by atoms with Crippen LogP contribution in [0.2, 0.25) is 0 Å². The van der Waals surface area contributed by atoms with Crippen molar-refractivity contribution >= 4 is 17.7 Å². The number of piperidine rings is 1. The van der Waals surface area contributed by atoms with Crippen molar-refractivity contribution in [1.29, 1.82) is 0 Å². The molecule has 4 aliphatic carbocycles. The van der Waals surface area contributed by atoms with Crippen molar-refractivity contribution in [3.63, 3.8) is 0 Å². The van der Waals surface area contributed by atoms with E-state index < -0.39 is 11.7 Å². The van der Waals surface area contributed by atoms with E-state index in [0.717, 1.165) is 30.0 Å². The molecule has 0 unspecified atom stereocenters. The second-order valence-corrected chi connectivity index (χ2v) is 11.3. The summed E-state index contributed by atoms with van der Waals surface area (Å²) in [5.41, 5.74) is -0.580. The van der Waals surface area contributed by atoms with Crippen LogP contribution in [-0.2, 0) is 20.5 Å². The van der Waals surface area contributed by atoms with Crippen LogP contribution in [0.3, 0.4) is 0 Å². The van der Waals surface area contributed by atoms with Crippen LogP contribution in [0.5, 0.6) is 0 Å². The molecule has 1 aromatic heterocycles. The summed E-state index contributed by atoms with van der Waals surface area (Å²) in [5.74, 6) is 1.93. The van der Waals surface area contributed by atoms with Crippen LogP contribution in [0, 0.1) is 29.1 Å². The number of ether oxygens (including phenoxy) is 1. The summed E-state index contributed by atoms with van der Waals surface area (Å²) in [4.78, 5) is 30.9. The Balaban J connectivity index is 1.06. The Morgan fingerprint density at radius 3 is 2.23 bits per heavy atom. The summed E-state index contributed by atoms with van der Waals surface area (Å²) in [6.07, 6.45) is 5.09. The summed E-state index contributed by atoms with van der Waals surface area (Å²) in [7, 11) is 0. The third-order valence-corrected chi connectivity index (χ3v) is 8.95. The molecule has 0 spiro atoms. The van der Waals surface area contributed by atoms with Gasteiger partial charge in [0.1, 0.15) is 5.82 Å². The van der Waals surface area contributed by atoms with E-state index in [1.54, 1.807) is 0 Å². The van der Waals surface area contributed by atoms with Crippen molar-refractivity contribution in [1.82, 2.24) is 10.3 Å². The van der Waals surface area contributed by atoms with Crippen molar-refractivity contribution < 1.29 is 27.5 Å². The van der Waals surface area contributed by atoms with Gasteiger partial charge < -0.3 is 15.0 Å². The van der Waals surface area contributed by atoms with Gasteiger partial charge in [-0.05, 0) is 93.6 Å². The van der Waals surface area contributed by atoms with Crippen LogP contribution in [-0.4, -0.2) is 42.6 Å². The van der Waals surface area contributed by atoms with Crippen LogP contribution < -0.4 is 10.2 Å². The lowest BCUT2D eigenvalue weighted by molar-refractivity contribution is -0.154. The molecule has 1 aliphatic heterocycles. The van der Waals surface area contributed by atoms with Gasteiger partial charge in [-0.15, -0.1) is 0 Å². The molecule has 0 radical (unpaired) electrons. The molecule has 2 heterocycles. The number of carbonyl (C=O) groups is 2. The van der Waals surface area contributed by atoms with E-state index in [0.29, 0.717) is 31.7 Å². The molecule has 1 amide bonds. The van der Waals surface area contributed by atoms with E-state index >= 15 is 0 Å². The highest BCUT2D eigenvalue weighted by Crippen LogP contribution is 2.61. The Morgan fingerprint density at radius 1 is 1.11 bits per heavy atom. The van der Waals surface area contributed by atoms with E-state index in [1.165, 1.54) is 44.6 Å². The lowest BCUT2D eigenvalue weighted by atomic mass is 9.48. The Labute approximate surface area is 204 Å². The monoisotopic (exact) mass is 493 g/mol. The third kappa shape index (κ3) is 5.14. The standard InChI is InChI=1S/C26H34F3N3O3/c1-16(25-11-17-8-18(12-25)10-19(9-17)13-25)31-23(33)15-35-24(34)20-4-6-32(7-5-20)22-3-2-21(14-30-22)26(27,28)29/h2-3,14,16-20H,4-13,15H2,1H3,(H,31,33)/t16-,17?,18?,19?,25?/m0/s1. The number of pyridine rings is 1. The van der Waals surface area contributed by atoms with Gasteiger partial charge in [0.05, 0.1) is 11.5 Å². The van der Waals surface area contributed by atoms with Crippen LogP contribution in [0.1, 0.15) is 63.9 Å². The summed E-state index contributed by atoms with van der Waals surface area (Å²) in [6.45, 7) is 2.83. The zero-order chi connectivity index (χ0) is 24.8. The SMILES string of the molecule is C[C@H](NC(=O)COC(=O)C1CCN(c2ccc(C(F)(F)F)cn2)CC1)C12CC3CC(CC(C3)C1)C2. The smallest absolute Gasteiger partial charge is 0.417 e. The van der Waals surface area contributed by atoms with Gasteiger partial charge in [-0.2, -0.15) is 13.2 Å². The molecule has 6 rings (SSSR count). The highest BCUT2D eigenvalue weighted by molar-refractivity contribution is 5.81. The highest BCUT2D eigenvalue weighted by atomic mass is 19.4. The summed E-state index contributed by atoms with van der Waals surface area (Å²) >= 11 is 0. The van der Waals surface area contributed by atoms with Crippen molar-refractivity contribution in [2.24, 2.45) is 29.1 Å². The summed E-state index contributed by atoms with van der Waals surface area (Å²) < 4.78 is 43.6. The molecular weight excluding hydrogens is 459 g/mol. The number of nitrogens with one attached hydrogen (secondary N) is 1. The normalized spacial score (nSPS) is 31.3. The second kappa shape index (κ2) is 9.28.